The lowest BCUT2D eigenvalue weighted by molar-refractivity contribution is -0.131. The molecule has 1 saturated heterocycles. The second-order valence-corrected chi connectivity index (χ2v) is 12.3. The number of nitrogens with zero attached hydrogens (tertiary/aromatic N) is 6. The zero-order chi connectivity index (χ0) is 30.4. The van der Waals surface area contributed by atoms with Crippen molar-refractivity contribution in [2.75, 3.05) is 13.1 Å². The lowest BCUT2D eigenvalue weighted by Gasteiger charge is -2.49. The Morgan fingerprint density at radius 3 is 2.50 bits per heavy atom. The molecule has 9 nitrogen and oxygen atoms in total. The highest BCUT2D eigenvalue weighted by Crippen LogP contribution is 2.49. The van der Waals surface area contributed by atoms with Crippen molar-refractivity contribution in [1.29, 1.82) is 0 Å². The van der Waals surface area contributed by atoms with Crippen molar-refractivity contribution in [2.45, 2.75) is 37.4 Å². The van der Waals surface area contributed by atoms with Gasteiger partial charge >= 0.3 is 6.18 Å². The standard InChI is InChI=1S/C28H28F4N6O3S/c1-4-19(28(30,31)32)13-23(33-2)26(39)27-15-18-16-35-38(22-7-5-21(29)6-8-22)24(18)14-20(27)10-12-37(17-27)42(40,41)25-9-11-34-36(25)3/h4-9,11,13,16,20H,2,10,12,14-15,17H2,1,3H3/b19-4+,23-13-/t20-,27-/m0/s1. The average molecular weight is 605 g/mol. The molecule has 222 valence electrons. The summed E-state index contributed by atoms with van der Waals surface area (Å²) in [4.78, 5) is 18.0. The van der Waals surface area contributed by atoms with Crippen LogP contribution >= 0.6 is 0 Å². The third-order valence-corrected chi connectivity index (χ3v) is 10.0. The van der Waals surface area contributed by atoms with E-state index < -0.39 is 50.4 Å². The van der Waals surface area contributed by atoms with E-state index in [4.69, 9.17) is 0 Å². The number of alkyl halides is 3. The number of halogens is 4. The molecule has 3 aromatic rings. The van der Waals surface area contributed by atoms with Gasteiger partial charge in [0, 0.05) is 25.8 Å². The molecule has 2 aromatic heterocycles. The van der Waals surface area contributed by atoms with Crippen LogP contribution in [-0.4, -0.2) is 64.1 Å². The Bertz CT molecular complexity index is 1710. The second kappa shape index (κ2) is 10.7. The van der Waals surface area contributed by atoms with Gasteiger partial charge < -0.3 is 0 Å². The molecule has 0 amide bonds. The van der Waals surface area contributed by atoms with Crippen LogP contribution in [0, 0.1) is 17.2 Å². The van der Waals surface area contributed by atoms with Crippen molar-refractivity contribution < 1.29 is 30.8 Å². The number of aromatic nitrogens is 4. The van der Waals surface area contributed by atoms with E-state index in [0.29, 0.717) is 17.3 Å². The Labute approximate surface area is 239 Å². The number of carbonyl (C=O) groups excluding carboxylic acids is 1. The van der Waals surface area contributed by atoms with Crippen LogP contribution in [0.5, 0.6) is 0 Å². The topological polar surface area (TPSA) is 102 Å². The van der Waals surface area contributed by atoms with Crippen molar-refractivity contribution >= 4 is 22.5 Å². The minimum absolute atomic E-state index is 0.00842. The number of hydrogen-bond acceptors (Lipinski definition) is 6. The number of fused-ring (bicyclic) bond motifs is 2. The quantitative estimate of drug-likeness (QED) is 0.174. The molecule has 2 aliphatic rings. The maximum Gasteiger partial charge on any atom is 0.416 e. The Morgan fingerprint density at radius 1 is 1.19 bits per heavy atom. The first kappa shape index (κ1) is 29.6. The molecule has 0 bridgehead atoms. The summed E-state index contributed by atoms with van der Waals surface area (Å²) in [6, 6.07) is 7.08. The minimum atomic E-state index is -4.74. The summed E-state index contributed by atoms with van der Waals surface area (Å²) in [5.74, 6) is -1.60. The van der Waals surface area contributed by atoms with Crippen LogP contribution in [0.15, 0.2) is 76.2 Å². The summed E-state index contributed by atoms with van der Waals surface area (Å²) in [7, 11) is -2.62. The number of aryl methyl sites for hydroxylation is 1. The molecule has 1 aliphatic carbocycles. The number of Topliss-reactive ketones (excluding diaryl/α,β-unsaturated/α-hetero) is 1. The van der Waals surface area contributed by atoms with Crippen LogP contribution in [0.1, 0.15) is 24.6 Å². The predicted octanol–water partition coefficient (Wildman–Crippen LogP) is 4.20. The van der Waals surface area contributed by atoms with Crippen LogP contribution in [0.3, 0.4) is 0 Å². The fourth-order valence-electron chi connectivity index (χ4n) is 5.95. The third-order valence-electron chi connectivity index (χ3n) is 8.11. The largest absolute Gasteiger partial charge is 0.416 e. The minimum Gasteiger partial charge on any atom is -0.292 e. The van der Waals surface area contributed by atoms with Gasteiger partial charge in [0.1, 0.15) is 11.5 Å². The van der Waals surface area contributed by atoms with Gasteiger partial charge in [0.15, 0.2) is 10.8 Å². The molecule has 14 heteroatoms. The smallest absolute Gasteiger partial charge is 0.292 e. The van der Waals surface area contributed by atoms with Gasteiger partial charge in [0.25, 0.3) is 10.0 Å². The molecule has 42 heavy (non-hydrogen) atoms. The van der Waals surface area contributed by atoms with Crippen LogP contribution in [0.25, 0.3) is 5.69 Å². The number of allylic oxidation sites excluding steroid dienone is 4. The number of aliphatic imine (C=N–C) groups is 1. The Morgan fingerprint density at radius 2 is 1.90 bits per heavy atom. The number of rotatable bonds is 7. The first-order valence-electron chi connectivity index (χ1n) is 13.1. The molecule has 5 rings (SSSR count). The molecular weight excluding hydrogens is 576 g/mol. The molecule has 0 unspecified atom stereocenters. The SMILES string of the molecule is C=N/C(=C\C(=C/C)C(F)(F)F)C(=O)[C@]12Cc3cnn(-c4ccc(F)cc4)c3C[C@@H]1CCN(S(=O)(=O)c1ccnn1C)C2. The van der Waals surface area contributed by atoms with Gasteiger partial charge in [0.05, 0.1) is 29.1 Å². The van der Waals surface area contributed by atoms with E-state index in [0.717, 1.165) is 11.8 Å². The molecule has 0 saturated carbocycles. The fourth-order valence-corrected chi connectivity index (χ4v) is 7.58. The molecule has 1 aliphatic heterocycles. The van der Waals surface area contributed by atoms with Crippen molar-refractivity contribution in [3.63, 3.8) is 0 Å². The molecule has 0 N–H and O–H groups in total. The molecule has 1 fully saturated rings. The lowest BCUT2D eigenvalue weighted by Crippen LogP contribution is -2.58. The van der Waals surface area contributed by atoms with E-state index in [1.807, 2.05) is 0 Å². The van der Waals surface area contributed by atoms with Gasteiger partial charge in [-0.3, -0.25) is 14.5 Å². The van der Waals surface area contributed by atoms with E-state index >= 15 is 0 Å². The van der Waals surface area contributed by atoms with Crippen molar-refractivity contribution in [2.24, 2.45) is 23.4 Å². The fraction of sp³-hybridized carbons (Fsp3) is 0.357. The maximum absolute atomic E-state index is 14.3. The number of ketones is 1. The normalized spacial score (nSPS) is 22.0. The Kier molecular flexibility index (Phi) is 7.56. The highest BCUT2D eigenvalue weighted by molar-refractivity contribution is 7.89. The average Bonchev–Trinajstić information content (AvgIpc) is 3.57. The zero-order valence-corrected chi connectivity index (χ0v) is 23.7. The third kappa shape index (κ3) is 5.02. The summed E-state index contributed by atoms with van der Waals surface area (Å²) in [5.41, 5.74) is -1.02. The van der Waals surface area contributed by atoms with Crippen LogP contribution in [-0.2, 0) is 34.7 Å². The highest BCUT2D eigenvalue weighted by Gasteiger charge is 2.55. The zero-order valence-electron chi connectivity index (χ0n) is 22.8. The number of piperidine rings is 1. The molecule has 2 atom stereocenters. The maximum atomic E-state index is 14.3. The van der Waals surface area contributed by atoms with Crippen LogP contribution in [0.4, 0.5) is 17.6 Å². The van der Waals surface area contributed by atoms with Crippen molar-refractivity contribution in [1.82, 2.24) is 23.9 Å². The number of carbonyl (C=O) groups is 1. The van der Waals surface area contributed by atoms with E-state index in [1.54, 1.807) is 23.0 Å². The molecular formula is C28H28F4N6O3S. The second-order valence-electron chi connectivity index (χ2n) is 10.4. The van der Waals surface area contributed by atoms with Crippen molar-refractivity contribution in [3.05, 3.63) is 83.2 Å². The summed E-state index contributed by atoms with van der Waals surface area (Å²) in [6.45, 7) is 4.37. The molecule has 3 heterocycles. The first-order chi connectivity index (χ1) is 19.8. The Hall–Kier alpha value is -3.91. The van der Waals surface area contributed by atoms with Gasteiger partial charge in [-0.2, -0.15) is 27.7 Å². The molecule has 0 radical (unpaired) electrons. The van der Waals surface area contributed by atoms with E-state index in [-0.39, 0.29) is 37.4 Å². The summed E-state index contributed by atoms with van der Waals surface area (Å²) in [6.07, 6.45) is 0.196. The summed E-state index contributed by atoms with van der Waals surface area (Å²) < 4.78 is 85.8. The van der Waals surface area contributed by atoms with Gasteiger partial charge in [-0.15, -0.1) is 0 Å². The molecule has 1 aromatic carbocycles. The van der Waals surface area contributed by atoms with Gasteiger partial charge in [-0.05, 0) is 80.8 Å². The highest BCUT2D eigenvalue weighted by atomic mass is 32.2. The van der Waals surface area contributed by atoms with Gasteiger partial charge in [0.2, 0.25) is 0 Å². The van der Waals surface area contributed by atoms with E-state index in [1.165, 1.54) is 47.4 Å². The van der Waals surface area contributed by atoms with E-state index in [2.05, 4.69) is 21.9 Å². The van der Waals surface area contributed by atoms with Crippen LogP contribution < -0.4 is 0 Å². The summed E-state index contributed by atoms with van der Waals surface area (Å²) in [5, 5.41) is 8.33. The van der Waals surface area contributed by atoms with E-state index in [9.17, 15) is 30.8 Å². The monoisotopic (exact) mass is 604 g/mol. The van der Waals surface area contributed by atoms with Crippen molar-refractivity contribution in [3.8, 4) is 5.69 Å². The number of benzene rings is 1. The van der Waals surface area contributed by atoms with Crippen LogP contribution in [0.2, 0.25) is 0 Å². The number of sulfonamides is 1. The predicted molar refractivity (Wildman–Crippen MR) is 146 cm³/mol. The number of hydrogen-bond donors (Lipinski definition) is 0. The Balaban J connectivity index is 1.62. The lowest BCUT2D eigenvalue weighted by atomic mass is 9.60. The van der Waals surface area contributed by atoms with Gasteiger partial charge in [-0.1, -0.05) is 6.08 Å². The first-order valence-corrected chi connectivity index (χ1v) is 14.5. The summed E-state index contributed by atoms with van der Waals surface area (Å²) >= 11 is 0. The molecule has 0 spiro atoms. The van der Waals surface area contributed by atoms with Gasteiger partial charge in [-0.25, -0.2) is 17.5 Å².